The highest BCUT2D eigenvalue weighted by molar-refractivity contribution is 5.91. The van der Waals surface area contributed by atoms with E-state index in [1.165, 1.54) is 37.3 Å². The minimum Gasteiger partial charge on any atom is -0.272 e. The first-order valence-electron chi connectivity index (χ1n) is 20.9. The molecule has 2 fully saturated rings. The van der Waals surface area contributed by atoms with Gasteiger partial charge in [-0.25, -0.2) is 4.98 Å². The molecule has 10 rings (SSSR count). The third-order valence-electron chi connectivity index (χ3n) is 12.8. The molecule has 0 N–H and O–H groups in total. The van der Waals surface area contributed by atoms with E-state index in [0.717, 1.165) is 70.4 Å². The van der Waals surface area contributed by atoms with E-state index in [1.54, 1.807) is 30.9 Å². The van der Waals surface area contributed by atoms with Crippen molar-refractivity contribution in [1.82, 2.24) is 39.5 Å². The molecule has 8 aromatic rings. The smallest absolute Gasteiger partial charge is 0.272 e. The van der Waals surface area contributed by atoms with Gasteiger partial charge in [0, 0.05) is 88.2 Å². The van der Waals surface area contributed by atoms with Crippen molar-refractivity contribution < 1.29 is 13.2 Å². The van der Waals surface area contributed by atoms with Crippen LogP contribution in [0.3, 0.4) is 0 Å². The van der Waals surface area contributed by atoms with Gasteiger partial charge in [-0.15, -0.1) is 0 Å². The van der Waals surface area contributed by atoms with E-state index in [0.29, 0.717) is 40.4 Å². The maximum absolute atomic E-state index is 14.0. The SMILES string of the molecule is CC1(Cn2cc(-c3c(C#N)ccnc3-c3ccc4cccnc4c3)cn2)CCC(c2ccnc3cc(-c4nc(C(F)(F)F)ccc4-c4cnn(CC5CCCC5)c4)ccc23)C1. The highest BCUT2D eigenvalue weighted by atomic mass is 19.4. The molecule has 2 aliphatic rings. The van der Waals surface area contributed by atoms with Gasteiger partial charge in [0.25, 0.3) is 0 Å². The van der Waals surface area contributed by atoms with Crippen molar-refractivity contribution in [3.8, 4) is 50.8 Å². The molecule has 2 aromatic carbocycles. The molecule has 6 aromatic heterocycles. The monoisotopic (exact) mass is 813 g/mol. The Labute approximate surface area is 351 Å². The molecule has 2 aliphatic carbocycles. The van der Waals surface area contributed by atoms with Gasteiger partial charge in [-0.05, 0) is 97.4 Å². The summed E-state index contributed by atoms with van der Waals surface area (Å²) in [6.07, 6.45) is 15.8. The molecule has 0 aliphatic heterocycles. The topological polar surface area (TPSA) is 111 Å². The van der Waals surface area contributed by atoms with E-state index < -0.39 is 11.9 Å². The van der Waals surface area contributed by atoms with E-state index in [4.69, 9.17) is 15.1 Å². The number of hydrogen-bond donors (Lipinski definition) is 0. The zero-order valence-electron chi connectivity index (χ0n) is 33.6. The number of nitriles is 1. The van der Waals surface area contributed by atoms with E-state index in [2.05, 4.69) is 34.1 Å². The maximum Gasteiger partial charge on any atom is 0.433 e. The zero-order valence-corrected chi connectivity index (χ0v) is 33.6. The number of alkyl halides is 3. The van der Waals surface area contributed by atoms with Gasteiger partial charge in [0.05, 0.1) is 46.4 Å². The zero-order chi connectivity index (χ0) is 41.7. The van der Waals surface area contributed by atoms with E-state index >= 15 is 0 Å². The lowest BCUT2D eigenvalue weighted by molar-refractivity contribution is -0.141. The molecular weight excluding hydrogens is 772 g/mol. The molecule has 2 saturated carbocycles. The number of aromatic nitrogens is 8. The molecule has 0 bridgehead atoms. The van der Waals surface area contributed by atoms with Crippen LogP contribution in [0.2, 0.25) is 0 Å². The van der Waals surface area contributed by atoms with Crippen LogP contribution < -0.4 is 0 Å². The fourth-order valence-electron chi connectivity index (χ4n) is 9.78. The van der Waals surface area contributed by atoms with Crippen LogP contribution in [0.25, 0.3) is 66.6 Å². The molecule has 2 atom stereocenters. The Kier molecular flexibility index (Phi) is 9.70. The van der Waals surface area contributed by atoms with Crippen LogP contribution in [0.5, 0.6) is 0 Å². The molecule has 304 valence electrons. The quantitative estimate of drug-likeness (QED) is 0.143. The van der Waals surface area contributed by atoms with Crippen LogP contribution >= 0.6 is 0 Å². The van der Waals surface area contributed by atoms with Crippen LogP contribution in [0.4, 0.5) is 13.2 Å². The lowest BCUT2D eigenvalue weighted by Gasteiger charge is -2.24. The molecule has 6 heterocycles. The Bertz CT molecular complexity index is 2970. The number of hydrogen-bond acceptors (Lipinski definition) is 7. The number of rotatable bonds is 9. The maximum atomic E-state index is 14.0. The number of nitrogens with zero attached hydrogens (tertiary/aromatic N) is 9. The largest absolute Gasteiger partial charge is 0.433 e. The third kappa shape index (κ3) is 7.54. The number of halogens is 3. The minimum absolute atomic E-state index is 0.0671. The van der Waals surface area contributed by atoms with Gasteiger partial charge in [-0.1, -0.05) is 50.1 Å². The normalized spacial score (nSPS) is 18.3. The van der Waals surface area contributed by atoms with Crippen LogP contribution in [-0.4, -0.2) is 39.5 Å². The Morgan fingerprint density at radius 3 is 2.38 bits per heavy atom. The van der Waals surface area contributed by atoms with Gasteiger partial charge >= 0.3 is 6.18 Å². The Morgan fingerprint density at radius 2 is 1.52 bits per heavy atom. The summed E-state index contributed by atoms with van der Waals surface area (Å²) in [6.45, 7) is 3.79. The highest BCUT2D eigenvalue weighted by Crippen LogP contribution is 2.49. The third-order valence-corrected chi connectivity index (χ3v) is 12.8. The summed E-state index contributed by atoms with van der Waals surface area (Å²) in [6, 6.07) is 24.4. The fraction of sp³-hybridized carbons (Fsp3) is 0.286. The van der Waals surface area contributed by atoms with Crippen molar-refractivity contribution in [2.24, 2.45) is 11.3 Å². The fourth-order valence-corrected chi connectivity index (χ4v) is 9.78. The van der Waals surface area contributed by atoms with Gasteiger partial charge in [-0.2, -0.15) is 28.6 Å². The second-order valence-corrected chi connectivity index (χ2v) is 17.1. The van der Waals surface area contributed by atoms with Crippen molar-refractivity contribution in [2.75, 3.05) is 0 Å². The standard InChI is InChI=1S/C49H42F3N9/c1-48(30-61-29-38(26-58-61)45-36(24-53)15-19-56-47(45)34-9-8-32-7-4-18-54-42(32)21-34)17-14-35(23-48)39-16-20-55-43-22-33(10-11-41(39)43)46-40(12-13-44(59-46)49(50,51)52)37-25-57-60(28-37)27-31-5-2-3-6-31/h4,7-13,15-16,18-22,25-26,28-29,31,35H,2-3,5-6,14,17,23,27,30H2,1H3. The van der Waals surface area contributed by atoms with E-state index in [-0.39, 0.29) is 17.0 Å². The van der Waals surface area contributed by atoms with Crippen molar-refractivity contribution in [2.45, 2.75) is 77.1 Å². The summed E-state index contributed by atoms with van der Waals surface area (Å²) in [5.41, 5.74) is 7.58. The summed E-state index contributed by atoms with van der Waals surface area (Å²) in [4.78, 5) is 18.2. The average Bonchev–Trinajstić information content (AvgIpc) is 4.12. The Balaban J connectivity index is 0.911. The first kappa shape index (κ1) is 38.5. The van der Waals surface area contributed by atoms with Gasteiger partial charge in [0.1, 0.15) is 5.69 Å². The number of fused-ring (bicyclic) bond motifs is 2. The van der Waals surface area contributed by atoms with Crippen LogP contribution in [-0.2, 0) is 19.3 Å². The molecule has 61 heavy (non-hydrogen) atoms. The summed E-state index contributed by atoms with van der Waals surface area (Å²) < 4.78 is 46.0. The Morgan fingerprint density at radius 1 is 0.770 bits per heavy atom. The second kappa shape index (κ2) is 15.4. The van der Waals surface area contributed by atoms with Crippen LogP contribution in [0.1, 0.15) is 74.6 Å². The van der Waals surface area contributed by atoms with Crippen molar-refractivity contribution in [3.63, 3.8) is 0 Å². The number of benzene rings is 2. The molecular formula is C49H42F3N9. The second-order valence-electron chi connectivity index (χ2n) is 17.1. The molecule has 0 spiro atoms. The first-order valence-corrected chi connectivity index (χ1v) is 20.9. The average molecular weight is 814 g/mol. The summed E-state index contributed by atoms with van der Waals surface area (Å²) >= 11 is 0. The molecule has 0 radical (unpaired) electrons. The molecule has 9 nitrogen and oxygen atoms in total. The summed E-state index contributed by atoms with van der Waals surface area (Å²) in [7, 11) is 0. The van der Waals surface area contributed by atoms with Crippen LogP contribution in [0.15, 0.2) is 116 Å². The van der Waals surface area contributed by atoms with E-state index in [9.17, 15) is 18.4 Å². The molecule has 0 saturated heterocycles. The Hall–Kier alpha value is -6.74. The van der Waals surface area contributed by atoms with Gasteiger partial charge in [0.15, 0.2) is 0 Å². The van der Waals surface area contributed by atoms with E-state index in [1.807, 2.05) is 76.5 Å². The van der Waals surface area contributed by atoms with Gasteiger partial charge in [0.2, 0.25) is 0 Å². The van der Waals surface area contributed by atoms with Crippen molar-refractivity contribution in [1.29, 1.82) is 5.26 Å². The molecule has 2 unspecified atom stereocenters. The lowest BCUT2D eigenvalue weighted by Crippen LogP contribution is -2.20. The lowest BCUT2D eigenvalue weighted by atomic mass is 9.85. The van der Waals surface area contributed by atoms with Crippen molar-refractivity contribution in [3.05, 3.63) is 133 Å². The minimum atomic E-state index is -4.59. The predicted octanol–water partition coefficient (Wildman–Crippen LogP) is 11.7. The number of pyridine rings is 4. The van der Waals surface area contributed by atoms with Gasteiger partial charge < -0.3 is 0 Å². The molecule has 12 heteroatoms. The summed E-state index contributed by atoms with van der Waals surface area (Å²) in [5, 5.41) is 21.5. The van der Waals surface area contributed by atoms with Crippen molar-refractivity contribution >= 4 is 21.8 Å². The van der Waals surface area contributed by atoms with Crippen LogP contribution in [0, 0.1) is 22.7 Å². The molecule has 0 amide bonds. The predicted molar refractivity (Wildman–Crippen MR) is 229 cm³/mol. The highest BCUT2D eigenvalue weighted by Gasteiger charge is 2.37. The van der Waals surface area contributed by atoms with Gasteiger partial charge in [-0.3, -0.25) is 24.3 Å². The first-order chi connectivity index (χ1) is 29.6. The summed E-state index contributed by atoms with van der Waals surface area (Å²) in [5.74, 6) is 0.820.